The van der Waals surface area contributed by atoms with E-state index in [-0.39, 0.29) is 24.5 Å². The van der Waals surface area contributed by atoms with Crippen LogP contribution in [0.25, 0.3) is 6.08 Å². The third kappa shape index (κ3) is 4.95. The third-order valence-corrected chi connectivity index (χ3v) is 6.83. The van der Waals surface area contributed by atoms with Crippen LogP contribution in [0, 0.1) is 11.6 Å². The van der Waals surface area contributed by atoms with Crippen LogP contribution < -0.4 is 19.6 Å². The second kappa shape index (κ2) is 10.6. The Morgan fingerprint density at radius 1 is 1.16 bits per heavy atom. The lowest BCUT2D eigenvalue weighted by Gasteiger charge is -2.24. The first-order valence-electron chi connectivity index (χ1n) is 11.8. The molecule has 194 valence electrons. The van der Waals surface area contributed by atoms with Crippen LogP contribution in [0.5, 0.6) is 5.75 Å². The zero-order valence-corrected chi connectivity index (χ0v) is 21.3. The maximum absolute atomic E-state index is 13.8. The fraction of sp³-hybridized carbons (Fsp3) is 0.179. The number of allylic oxidation sites excluding steroid dienone is 1. The maximum Gasteiger partial charge on any atom is 0.338 e. The number of esters is 1. The van der Waals surface area contributed by atoms with Crippen molar-refractivity contribution in [3.8, 4) is 5.75 Å². The average molecular weight is 537 g/mol. The molecule has 0 amide bonds. The number of carbonyl (C=O) groups is 1. The molecule has 0 saturated carbocycles. The number of carbonyl (C=O) groups excluding carboxylic acids is 1. The van der Waals surface area contributed by atoms with E-state index in [9.17, 15) is 18.4 Å². The van der Waals surface area contributed by atoms with E-state index in [0.29, 0.717) is 32.1 Å². The summed E-state index contributed by atoms with van der Waals surface area (Å²) in [6, 6.07) is 14.9. The van der Waals surface area contributed by atoms with Crippen LogP contribution in [0.15, 0.2) is 86.1 Å². The lowest BCUT2D eigenvalue weighted by atomic mass is 9.96. The molecule has 1 aliphatic rings. The number of furan rings is 1. The lowest BCUT2D eigenvalue weighted by molar-refractivity contribution is -0.139. The summed E-state index contributed by atoms with van der Waals surface area (Å²) in [6.07, 6.45) is 1.58. The van der Waals surface area contributed by atoms with Crippen LogP contribution in [0.4, 0.5) is 8.78 Å². The molecule has 0 radical (unpaired) electrons. The molecule has 3 heterocycles. The van der Waals surface area contributed by atoms with E-state index >= 15 is 0 Å². The normalized spacial score (nSPS) is 15.3. The molecule has 0 unspecified atom stereocenters. The third-order valence-electron chi connectivity index (χ3n) is 5.85. The van der Waals surface area contributed by atoms with Crippen molar-refractivity contribution in [1.82, 2.24) is 4.57 Å². The van der Waals surface area contributed by atoms with Gasteiger partial charge < -0.3 is 13.9 Å². The zero-order valence-electron chi connectivity index (χ0n) is 20.4. The summed E-state index contributed by atoms with van der Waals surface area (Å²) < 4.78 is 45.2. The van der Waals surface area contributed by atoms with Crippen LogP contribution >= 0.6 is 11.3 Å². The van der Waals surface area contributed by atoms with Gasteiger partial charge in [0, 0.05) is 12.1 Å². The van der Waals surface area contributed by atoms with Crippen molar-refractivity contribution >= 4 is 23.4 Å². The first kappa shape index (κ1) is 25.3. The first-order chi connectivity index (χ1) is 18.4. The minimum atomic E-state index is -0.816. The van der Waals surface area contributed by atoms with Gasteiger partial charge in [0.1, 0.15) is 23.9 Å². The summed E-state index contributed by atoms with van der Waals surface area (Å²) in [5.41, 5.74) is 1.21. The quantitative estimate of drug-likeness (QED) is 0.330. The Morgan fingerprint density at radius 2 is 1.95 bits per heavy atom. The van der Waals surface area contributed by atoms with Crippen molar-refractivity contribution in [3.63, 3.8) is 0 Å². The van der Waals surface area contributed by atoms with Crippen molar-refractivity contribution in [2.45, 2.75) is 26.5 Å². The maximum atomic E-state index is 13.8. The molecule has 1 atom stereocenters. The number of nitrogens with zero attached hydrogens (tertiary/aromatic N) is 2. The Hall–Kier alpha value is -4.31. The van der Waals surface area contributed by atoms with E-state index in [1.54, 1.807) is 32.1 Å². The van der Waals surface area contributed by atoms with Gasteiger partial charge in [-0.3, -0.25) is 9.36 Å². The standard InChI is InChI=1S/C28H22F2N2O5S/c1-3-35-27(34)24-16(2)31-28-32(25(24)17-7-5-4-6-8-17)26(33)23(38-28)14-19-10-11-20(37-19)15-36-22-12-9-18(29)13-21(22)30/h4-14,25H,3,15H2,1-2H3/t25-/m0/s1. The number of thiazole rings is 1. The van der Waals surface area contributed by atoms with Crippen molar-refractivity contribution in [1.29, 1.82) is 0 Å². The number of fused-ring (bicyclic) bond motifs is 1. The Labute approximate surface area is 219 Å². The van der Waals surface area contributed by atoms with E-state index in [4.69, 9.17) is 13.9 Å². The van der Waals surface area contributed by atoms with Gasteiger partial charge in [-0.05, 0) is 43.7 Å². The molecule has 2 aromatic heterocycles. The number of hydrogen-bond donors (Lipinski definition) is 0. The van der Waals surface area contributed by atoms with E-state index in [1.165, 1.54) is 22.0 Å². The summed E-state index contributed by atoms with van der Waals surface area (Å²) in [7, 11) is 0. The highest BCUT2D eigenvalue weighted by atomic mass is 32.1. The first-order valence-corrected chi connectivity index (χ1v) is 12.6. The van der Waals surface area contributed by atoms with Gasteiger partial charge in [-0.2, -0.15) is 0 Å². The second-order valence-corrected chi connectivity index (χ2v) is 9.39. The highest BCUT2D eigenvalue weighted by Crippen LogP contribution is 2.30. The number of benzene rings is 2. The van der Waals surface area contributed by atoms with Crippen molar-refractivity contribution in [2.24, 2.45) is 4.99 Å². The molecule has 4 aromatic rings. The number of halogens is 2. The summed E-state index contributed by atoms with van der Waals surface area (Å²) >= 11 is 1.17. The van der Waals surface area contributed by atoms with Crippen molar-refractivity contribution in [3.05, 3.63) is 120 Å². The van der Waals surface area contributed by atoms with Crippen LogP contribution in [0.3, 0.4) is 0 Å². The van der Waals surface area contributed by atoms with E-state index in [2.05, 4.69) is 4.99 Å². The lowest BCUT2D eigenvalue weighted by Crippen LogP contribution is -2.39. The summed E-state index contributed by atoms with van der Waals surface area (Å²) in [6.45, 7) is 3.55. The molecule has 0 bridgehead atoms. The summed E-state index contributed by atoms with van der Waals surface area (Å²) in [5.74, 6) is -1.38. The van der Waals surface area contributed by atoms with E-state index < -0.39 is 23.6 Å². The molecule has 38 heavy (non-hydrogen) atoms. The fourth-order valence-electron chi connectivity index (χ4n) is 4.16. The molecule has 1 aliphatic heterocycles. The minimum Gasteiger partial charge on any atom is -0.483 e. The topological polar surface area (TPSA) is 83.0 Å². The molecular weight excluding hydrogens is 514 g/mol. The fourth-order valence-corrected chi connectivity index (χ4v) is 5.19. The predicted molar refractivity (Wildman–Crippen MR) is 136 cm³/mol. The average Bonchev–Trinajstić information content (AvgIpc) is 3.47. The van der Waals surface area contributed by atoms with E-state index in [0.717, 1.165) is 17.7 Å². The SMILES string of the molecule is CCOC(=O)C1=C(C)N=c2sc(=Cc3ccc(COc4ccc(F)cc4F)o3)c(=O)n2[C@H]1c1ccccc1. The van der Waals surface area contributed by atoms with Gasteiger partial charge in [0.05, 0.1) is 28.5 Å². The Balaban J connectivity index is 1.49. The molecule has 10 heteroatoms. The van der Waals surface area contributed by atoms with Crippen molar-refractivity contribution < 1.29 is 27.5 Å². The molecule has 0 N–H and O–H groups in total. The van der Waals surface area contributed by atoms with Gasteiger partial charge in [0.25, 0.3) is 5.56 Å². The highest BCUT2D eigenvalue weighted by molar-refractivity contribution is 7.07. The Morgan fingerprint density at radius 3 is 2.68 bits per heavy atom. The predicted octanol–water partition coefficient (Wildman–Crippen LogP) is 4.25. The minimum absolute atomic E-state index is 0.0895. The smallest absolute Gasteiger partial charge is 0.338 e. The van der Waals surface area contributed by atoms with Crippen molar-refractivity contribution in [2.75, 3.05) is 6.61 Å². The van der Waals surface area contributed by atoms with Crippen LogP contribution in [-0.4, -0.2) is 17.1 Å². The summed E-state index contributed by atoms with van der Waals surface area (Å²) in [5, 5.41) is 0. The molecule has 7 nitrogen and oxygen atoms in total. The van der Waals surface area contributed by atoms with Gasteiger partial charge in [0.15, 0.2) is 16.4 Å². The molecule has 0 aliphatic carbocycles. The monoisotopic (exact) mass is 536 g/mol. The number of rotatable bonds is 7. The largest absolute Gasteiger partial charge is 0.483 e. The van der Waals surface area contributed by atoms with Crippen LogP contribution in [-0.2, 0) is 16.1 Å². The van der Waals surface area contributed by atoms with Crippen LogP contribution in [0.2, 0.25) is 0 Å². The number of aromatic nitrogens is 1. The van der Waals surface area contributed by atoms with Gasteiger partial charge in [-0.15, -0.1) is 0 Å². The van der Waals surface area contributed by atoms with Gasteiger partial charge in [-0.25, -0.2) is 18.6 Å². The molecule has 0 saturated heterocycles. The van der Waals surface area contributed by atoms with Gasteiger partial charge >= 0.3 is 5.97 Å². The number of ether oxygens (including phenoxy) is 2. The molecule has 0 spiro atoms. The molecule has 2 aromatic carbocycles. The van der Waals surface area contributed by atoms with Crippen LogP contribution in [0.1, 0.15) is 37.0 Å². The Bertz CT molecular complexity index is 1720. The second-order valence-electron chi connectivity index (χ2n) is 8.38. The Kier molecular flexibility index (Phi) is 7.06. The summed E-state index contributed by atoms with van der Waals surface area (Å²) in [4.78, 5) is 31.5. The molecule has 0 fully saturated rings. The van der Waals surface area contributed by atoms with E-state index in [1.807, 2.05) is 30.3 Å². The molecular formula is C28H22F2N2O5S. The van der Waals surface area contributed by atoms with Gasteiger partial charge in [0.2, 0.25) is 0 Å². The zero-order chi connectivity index (χ0) is 26.8. The number of hydrogen-bond acceptors (Lipinski definition) is 7. The molecule has 5 rings (SSSR count). The van der Waals surface area contributed by atoms with Gasteiger partial charge in [-0.1, -0.05) is 41.7 Å². The highest BCUT2D eigenvalue weighted by Gasteiger charge is 2.33.